The molecule has 0 radical (unpaired) electrons. The summed E-state index contributed by atoms with van der Waals surface area (Å²) in [6.07, 6.45) is 4.77. The lowest BCUT2D eigenvalue weighted by Crippen LogP contribution is -2.14. The molecule has 0 unspecified atom stereocenters. The van der Waals surface area contributed by atoms with Crippen LogP contribution in [0, 0.1) is 5.82 Å². The van der Waals surface area contributed by atoms with Crippen LogP contribution in [-0.4, -0.2) is 42.3 Å². The lowest BCUT2D eigenvalue weighted by atomic mass is 10.1. The Labute approximate surface area is 181 Å². The number of hydrogen-bond donors (Lipinski definition) is 4. The van der Waals surface area contributed by atoms with E-state index < -0.39 is 17.9 Å². The van der Waals surface area contributed by atoms with Crippen molar-refractivity contribution in [3.63, 3.8) is 0 Å². The number of nitrogens with one attached hydrogen (secondary N) is 2. The molecule has 0 bridgehead atoms. The number of carbonyl (C=O) groups is 1. The molecule has 5 rings (SSSR count). The average molecular weight is 431 g/mol. The molecule has 0 aliphatic rings. The Balaban J connectivity index is 1.53. The third-order valence-electron chi connectivity index (χ3n) is 5.34. The fourth-order valence-corrected chi connectivity index (χ4v) is 3.79. The van der Waals surface area contributed by atoms with Crippen LogP contribution in [0.2, 0.25) is 0 Å². The number of para-hydroxylation sites is 1. The Morgan fingerprint density at radius 1 is 1.16 bits per heavy atom. The molecule has 5 aromatic rings. The van der Waals surface area contributed by atoms with Crippen LogP contribution in [0.4, 0.5) is 10.2 Å². The molecule has 9 heteroatoms. The van der Waals surface area contributed by atoms with E-state index in [1.165, 1.54) is 23.0 Å². The van der Waals surface area contributed by atoms with Gasteiger partial charge in [-0.3, -0.25) is 4.98 Å². The van der Waals surface area contributed by atoms with Gasteiger partial charge in [-0.15, -0.1) is 0 Å². The maximum absolute atomic E-state index is 13.7. The van der Waals surface area contributed by atoms with Gasteiger partial charge in [-0.05, 0) is 29.8 Å². The molecular formula is C23H18FN5O3. The summed E-state index contributed by atoms with van der Waals surface area (Å²) in [5.74, 6) is -1.17. The highest BCUT2D eigenvalue weighted by Crippen LogP contribution is 2.28. The Bertz CT molecular complexity index is 1460. The minimum absolute atomic E-state index is 0.0106. The van der Waals surface area contributed by atoms with Crippen LogP contribution >= 0.6 is 0 Å². The number of aromatic amines is 1. The predicted molar refractivity (Wildman–Crippen MR) is 117 cm³/mol. The van der Waals surface area contributed by atoms with Gasteiger partial charge in [-0.25, -0.2) is 13.7 Å². The van der Waals surface area contributed by atoms with Gasteiger partial charge in [-0.1, -0.05) is 18.2 Å². The maximum atomic E-state index is 13.7. The second kappa shape index (κ2) is 7.78. The number of aliphatic hydroxyl groups is 1. The number of halogens is 1. The molecule has 0 amide bonds. The highest BCUT2D eigenvalue weighted by molar-refractivity contribution is 5.96. The van der Waals surface area contributed by atoms with Gasteiger partial charge < -0.3 is 20.5 Å². The van der Waals surface area contributed by atoms with Crippen LogP contribution in [0.15, 0.2) is 67.3 Å². The Morgan fingerprint density at radius 3 is 2.81 bits per heavy atom. The third-order valence-corrected chi connectivity index (χ3v) is 5.34. The number of nitrogens with zero attached hydrogens (tertiary/aromatic N) is 3. The number of anilines is 1. The van der Waals surface area contributed by atoms with Crippen LogP contribution in [0.3, 0.4) is 0 Å². The number of carboxylic acid groups (broad SMARTS) is 1. The van der Waals surface area contributed by atoms with Gasteiger partial charge in [0.15, 0.2) is 0 Å². The van der Waals surface area contributed by atoms with Crippen LogP contribution in [0.1, 0.15) is 22.0 Å². The zero-order valence-electron chi connectivity index (χ0n) is 16.7. The quantitative estimate of drug-likeness (QED) is 0.325. The number of H-pyrrole nitrogens is 1. The van der Waals surface area contributed by atoms with Gasteiger partial charge in [-0.2, -0.15) is 5.10 Å². The van der Waals surface area contributed by atoms with Crippen molar-refractivity contribution in [2.75, 3.05) is 11.9 Å². The number of rotatable bonds is 6. The summed E-state index contributed by atoms with van der Waals surface area (Å²) in [5.41, 5.74) is 3.06. The number of aliphatic hydroxyl groups excluding tert-OH is 1. The highest BCUT2D eigenvalue weighted by atomic mass is 19.1. The van der Waals surface area contributed by atoms with E-state index >= 15 is 0 Å². The van der Waals surface area contributed by atoms with E-state index in [0.717, 1.165) is 22.7 Å². The summed E-state index contributed by atoms with van der Waals surface area (Å²) in [4.78, 5) is 18.7. The molecule has 0 saturated carbocycles. The van der Waals surface area contributed by atoms with Crippen molar-refractivity contribution in [1.82, 2.24) is 19.6 Å². The van der Waals surface area contributed by atoms with Gasteiger partial charge in [0.1, 0.15) is 17.2 Å². The molecule has 0 aliphatic carbocycles. The molecule has 0 spiro atoms. The Morgan fingerprint density at radius 2 is 2.00 bits per heavy atom. The van der Waals surface area contributed by atoms with E-state index in [1.54, 1.807) is 18.3 Å². The first-order valence-corrected chi connectivity index (χ1v) is 9.85. The smallest absolute Gasteiger partial charge is 0.339 e. The molecule has 8 nitrogen and oxygen atoms in total. The molecule has 32 heavy (non-hydrogen) atoms. The predicted octanol–water partition coefficient (Wildman–Crippen LogP) is 3.86. The SMILES string of the molecule is O=C(O)c1cnn2c(NC[C@@H](O)c3c[nH]c4ccccc34)cc(-c3cncc(F)c3)cc12. The van der Waals surface area contributed by atoms with Gasteiger partial charge in [0.05, 0.1) is 24.0 Å². The van der Waals surface area contributed by atoms with Crippen molar-refractivity contribution in [3.05, 3.63) is 84.2 Å². The van der Waals surface area contributed by atoms with Crippen LogP contribution in [0.25, 0.3) is 27.5 Å². The molecular weight excluding hydrogens is 413 g/mol. The van der Waals surface area contributed by atoms with E-state index in [1.807, 2.05) is 24.3 Å². The maximum Gasteiger partial charge on any atom is 0.339 e. The zero-order chi connectivity index (χ0) is 22.2. The van der Waals surface area contributed by atoms with Crippen LogP contribution < -0.4 is 5.32 Å². The number of fused-ring (bicyclic) bond motifs is 2. The minimum atomic E-state index is -1.13. The topological polar surface area (TPSA) is 116 Å². The summed E-state index contributed by atoms with van der Waals surface area (Å²) in [5, 5.41) is 28.6. The Hall–Kier alpha value is -4.24. The van der Waals surface area contributed by atoms with E-state index in [4.69, 9.17) is 0 Å². The first-order valence-electron chi connectivity index (χ1n) is 9.85. The molecule has 1 atom stereocenters. The highest BCUT2D eigenvalue weighted by Gasteiger charge is 2.18. The summed E-state index contributed by atoms with van der Waals surface area (Å²) in [7, 11) is 0. The fourth-order valence-electron chi connectivity index (χ4n) is 3.79. The van der Waals surface area contributed by atoms with Crippen LogP contribution in [-0.2, 0) is 0 Å². The summed E-state index contributed by atoms with van der Waals surface area (Å²) < 4.78 is 15.2. The molecule has 160 valence electrons. The van der Waals surface area contributed by atoms with Crippen molar-refractivity contribution in [2.45, 2.75) is 6.10 Å². The number of carboxylic acids is 1. The largest absolute Gasteiger partial charge is 0.478 e. The van der Waals surface area contributed by atoms with Gasteiger partial charge in [0, 0.05) is 41.0 Å². The first-order chi connectivity index (χ1) is 15.5. The van der Waals surface area contributed by atoms with Gasteiger partial charge in [0.25, 0.3) is 0 Å². The first kappa shape index (κ1) is 19.7. The number of pyridine rings is 2. The minimum Gasteiger partial charge on any atom is -0.478 e. The molecule has 4 heterocycles. The number of benzene rings is 1. The fraction of sp³-hybridized carbons (Fsp3) is 0.0870. The second-order valence-corrected chi connectivity index (χ2v) is 7.37. The lowest BCUT2D eigenvalue weighted by molar-refractivity contribution is 0.0699. The van der Waals surface area contributed by atoms with E-state index in [9.17, 15) is 19.4 Å². The van der Waals surface area contributed by atoms with Crippen molar-refractivity contribution in [2.24, 2.45) is 0 Å². The lowest BCUT2D eigenvalue weighted by Gasteiger charge is -2.15. The van der Waals surface area contributed by atoms with Gasteiger partial charge in [0.2, 0.25) is 0 Å². The summed E-state index contributed by atoms with van der Waals surface area (Å²) >= 11 is 0. The van der Waals surface area contributed by atoms with Crippen molar-refractivity contribution < 1.29 is 19.4 Å². The molecule has 0 fully saturated rings. The monoisotopic (exact) mass is 431 g/mol. The number of aromatic carboxylic acids is 1. The number of hydrogen-bond acceptors (Lipinski definition) is 5. The zero-order valence-corrected chi connectivity index (χ0v) is 16.7. The normalized spacial score (nSPS) is 12.3. The average Bonchev–Trinajstić information content (AvgIpc) is 3.41. The molecule has 1 aromatic carbocycles. The molecule has 4 N–H and O–H groups in total. The van der Waals surface area contributed by atoms with Crippen molar-refractivity contribution in [3.8, 4) is 11.1 Å². The van der Waals surface area contributed by atoms with Crippen molar-refractivity contribution >= 4 is 28.2 Å². The third kappa shape index (κ3) is 3.44. The summed E-state index contributed by atoms with van der Waals surface area (Å²) in [6, 6.07) is 12.3. The number of aromatic nitrogens is 4. The van der Waals surface area contributed by atoms with Crippen LogP contribution in [0.5, 0.6) is 0 Å². The standard InChI is InChI=1S/C23H18FN5O3/c24-15-5-14(8-25-9-15)13-6-20-18(23(31)32)11-28-29(20)22(7-13)27-12-21(30)17-10-26-19-4-2-1-3-16(17)19/h1-11,21,26-27,30H,12H2,(H,31,32)/t21-/m1/s1. The van der Waals surface area contributed by atoms with E-state index in [2.05, 4.69) is 20.4 Å². The molecule has 0 saturated heterocycles. The van der Waals surface area contributed by atoms with E-state index in [0.29, 0.717) is 22.5 Å². The second-order valence-electron chi connectivity index (χ2n) is 7.37. The van der Waals surface area contributed by atoms with E-state index in [-0.39, 0.29) is 12.1 Å². The van der Waals surface area contributed by atoms with Gasteiger partial charge >= 0.3 is 5.97 Å². The van der Waals surface area contributed by atoms with Crippen molar-refractivity contribution in [1.29, 1.82) is 0 Å². The summed E-state index contributed by atoms with van der Waals surface area (Å²) in [6.45, 7) is 0.143. The Kier molecular flexibility index (Phi) is 4.79. The molecule has 0 aliphatic heterocycles. The molecule has 4 aromatic heterocycles.